The van der Waals surface area contributed by atoms with Crippen molar-refractivity contribution in [2.75, 3.05) is 37.8 Å². The predicted molar refractivity (Wildman–Crippen MR) is 237 cm³/mol. The van der Waals surface area contributed by atoms with Gasteiger partial charge in [0.05, 0.1) is 19.5 Å². The Morgan fingerprint density at radius 2 is 1.57 bits per heavy atom. The zero-order valence-electron chi connectivity index (χ0n) is 36.7. The van der Waals surface area contributed by atoms with Crippen molar-refractivity contribution in [1.82, 2.24) is 30.2 Å². The van der Waals surface area contributed by atoms with Crippen LogP contribution >= 0.6 is 35.2 Å². The summed E-state index contributed by atoms with van der Waals surface area (Å²) in [6.07, 6.45) is 10.7. The zero-order chi connectivity index (χ0) is 48.3. The third kappa shape index (κ3) is 20.6. The number of carbonyl (C=O) groups is 3. The molecule has 0 aromatic carbocycles. The molecule has 1 aliphatic rings. The maximum Gasteiger partial charge on any atom is 0.481 e. The molecule has 370 valence electrons. The van der Waals surface area contributed by atoms with Crippen LogP contribution in [0.3, 0.4) is 0 Å². The smallest absolute Gasteiger partial charge is 0.386 e. The summed E-state index contributed by atoms with van der Waals surface area (Å²) < 4.78 is 62.4. The van der Waals surface area contributed by atoms with Crippen molar-refractivity contribution < 1.29 is 80.5 Å². The van der Waals surface area contributed by atoms with Gasteiger partial charge in [0.1, 0.15) is 36.3 Å². The van der Waals surface area contributed by atoms with E-state index >= 15 is 0 Å². The molecule has 3 rings (SSSR count). The number of aliphatic hydroxyl groups is 2. The summed E-state index contributed by atoms with van der Waals surface area (Å²) >= 11 is 1.15. The van der Waals surface area contributed by atoms with Crippen LogP contribution in [0.2, 0.25) is 0 Å². The minimum Gasteiger partial charge on any atom is -0.386 e. The lowest BCUT2D eigenvalue weighted by Crippen LogP contribution is -2.46. The van der Waals surface area contributed by atoms with E-state index in [4.69, 9.17) is 19.5 Å². The third-order valence-electron chi connectivity index (χ3n) is 9.91. The average Bonchev–Trinajstić information content (AvgIpc) is 3.79. The Morgan fingerprint density at radius 1 is 0.923 bits per heavy atom. The Bertz CT molecular complexity index is 2010. The first kappa shape index (κ1) is 56.6. The van der Waals surface area contributed by atoms with Crippen LogP contribution in [0.1, 0.15) is 110 Å². The van der Waals surface area contributed by atoms with E-state index < -0.39 is 84.6 Å². The molecular formula is C37H64N7O17P3S. The van der Waals surface area contributed by atoms with E-state index in [9.17, 15) is 57.9 Å². The molecule has 0 bridgehead atoms. The van der Waals surface area contributed by atoms with Gasteiger partial charge in [-0.2, -0.15) is 4.31 Å². The van der Waals surface area contributed by atoms with Crippen LogP contribution in [-0.4, -0.2) is 123 Å². The van der Waals surface area contributed by atoms with Gasteiger partial charge in [-0.1, -0.05) is 83.2 Å². The Hall–Kier alpha value is -2.70. The Kier molecular flexibility index (Phi) is 23.8. The monoisotopic (exact) mass is 1000 g/mol. The van der Waals surface area contributed by atoms with Gasteiger partial charge in [0.15, 0.2) is 22.8 Å². The largest absolute Gasteiger partial charge is 0.481 e. The number of nitrogens with zero attached hydrogens (tertiary/aromatic N) is 4. The van der Waals surface area contributed by atoms with Crippen molar-refractivity contribution >= 4 is 69.1 Å². The van der Waals surface area contributed by atoms with E-state index in [1.807, 2.05) is 0 Å². The maximum absolute atomic E-state index is 12.7. The van der Waals surface area contributed by atoms with Gasteiger partial charge >= 0.3 is 23.5 Å². The van der Waals surface area contributed by atoms with E-state index in [1.54, 1.807) is 0 Å². The Morgan fingerprint density at radius 3 is 2.25 bits per heavy atom. The lowest BCUT2D eigenvalue weighted by atomic mass is 9.87. The fourth-order valence-electron chi connectivity index (χ4n) is 6.35. The highest BCUT2D eigenvalue weighted by Gasteiger charge is 2.50. The van der Waals surface area contributed by atoms with Crippen molar-refractivity contribution in [1.29, 1.82) is 0 Å². The molecule has 0 spiro atoms. The molecule has 1 saturated heterocycles. The van der Waals surface area contributed by atoms with Crippen molar-refractivity contribution in [3.05, 3.63) is 24.8 Å². The number of amides is 2. The van der Waals surface area contributed by atoms with Gasteiger partial charge in [-0.3, -0.25) is 32.5 Å². The number of imidazole rings is 1. The molecule has 10 N–H and O–H groups in total. The fraction of sp³-hybridized carbons (Fsp3) is 0.730. The fourth-order valence-corrected chi connectivity index (χ4v) is 9.90. The van der Waals surface area contributed by atoms with Crippen LogP contribution in [0.15, 0.2) is 24.8 Å². The molecule has 7 unspecified atom stereocenters. The highest BCUT2D eigenvalue weighted by Crippen LogP contribution is 2.61. The minimum atomic E-state index is -5.57. The summed E-state index contributed by atoms with van der Waals surface area (Å²) in [6, 6.07) is 0. The number of hydrogen-bond donors (Lipinski definition) is 9. The number of unbranched alkanes of at least 4 members (excludes halogenated alkanes) is 9. The second kappa shape index (κ2) is 27.3. The number of carbonyl (C=O) groups excluding carboxylic acids is 3. The van der Waals surface area contributed by atoms with Gasteiger partial charge < -0.3 is 50.9 Å². The SMILES string of the molecule is CCCCCCC=CCCCCCCCC(=O)SCCNC(=O)CCNC(=O)C(O)C(C)(C)COP(=O)(O)OP(=O)(O)OCC1OC(n2cnc3c(N)ncnc32)C(O)C1OP(=O)(O)O. The molecule has 2 aromatic rings. The van der Waals surface area contributed by atoms with Gasteiger partial charge in [0.2, 0.25) is 11.8 Å². The minimum absolute atomic E-state index is 0.0328. The van der Waals surface area contributed by atoms with E-state index in [0.29, 0.717) is 12.2 Å². The molecule has 65 heavy (non-hydrogen) atoms. The summed E-state index contributed by atoms with van der Waals surface area (Å²) in [6.45, 7) is 2.77. The predicted octanol–water partition coefficient (Wildman–Crippen LogP) is 3.92. The van der Waals surface area contributed by atoms with E-state index in [1.165, 1.54) is 39.5 Å². The number of aliphatic hydroxyl groups excluding tert-OH is 2. The number of anilines is 1. The van der Waals surface area contributed by atoms with Gasteiger partial charge in [-0.25, -0.2) is 28.6 Å². The molecule has 0 saturated carbocycles. The molecule has 2 aromatic heterocycles. The van der Waals surface area contributed by atoms with E-state index in [2.05, 4.69) is 53.5 Å². The van der Waals surface area contributed by atoms with Gasteiger partial charge in [-0.05, 0) is 32.1 Å². The number of nitrogen functional groups attached to an aromatic ring is 1. The molecule has 1 fully saturated rings. The first-order valence-electron chi connectivity index (χ1n) is 21.3. The summed E-state index contributed by atoms with van der Waals surface area (Å²) in [7, 11) is -16.4. The molecule has 3 heterocycles. The lowest BCUT2D eigenvalue weighted by molar-refractivity contribution is -0.137. The van der Waals surface area contributed by atoms with E-state index in [0.717, 1.165) is 73.9 Å². The lowest BCUT2D eigenvalue weighted by Gasteiger charge is -2.30. The highest BCUT2D eigenvalue weighted by atomic mass is 32.2. The average molecular weight is 1000 g/mol. The van der Waals surface area contributed by atoms with Crippen LogP contribution in [0.5, 0.6) is 0 Å². The summed E-state index contributed by atoms with van der Waals surface area (Å²) in [5, 5.41) is 26.6. The summed E-state index contributed by atoms with van der Waals surface area (Å²) in [5.41, 5.74) is 4.28. The van der Waals surface area contributed by atoms with E-state index in [-0.39, 0.29) is 41.6 Å². The number of ether oxygens (including phenoxy) is 1. The Balaban J connectivity index is 1.33. The number of thioether (sulfide) groups is 1. The number of allylic oxidation sites excluding steroid dienone is 2. The quantitative estimate of drug-likeness (QED) is 0.0285. The molecule has 7 atom stereocenters. The number of phosphoric acid groups is 3. The van der Waals surface area contributed by atoms with Crippen LogP contribution in [0, 0.1) is 5.41 Å². The first-order valence-corrected chi connectivity index (χ1v) is 26.8. The third-order valence-corrected chi connectivity index (χ3v) is 13.9. The topological polar surface area (TPSA) is 364 Å². The normalized spacial score (nSPS) is 20.4. The summed E-state index contributed by atoms with van der Waals surface area (Å²) in [4.78, 5) is 88.2. The van der Waals surface area contributed by atoms with Crippen molar-refractivity contribution in [3.63, 3.8) is 0 Å². The van der Waals surface area contributed by atoms with Gasteiger partial charge in [0.25, 0.3) is 0 Å². The Labute approximate surface area is 381 Å². The molecule has 2 amide bonds. The number of hydrogen-bond acceptors (Lipinski definition) is 18. The van der Waals surface area contributed by atoms with Crippen LogP contribution in [0.25, 0.3) is 11.2 Å². The molecule has 28 heteroatoms. The maximum atomic E-state index is 12.7. The van der Waals surface area contributed by atoms with Crippen LogP contribution < -0.4 is 16.4 Å². The number of aromatic nitrogens is 4. The number of fused-ring (bicyclic) bond motifs is 1. The van der Waals surface area contributed by atoms with Gasteiger partial charge in [-0.15, -0.1) is 0 Å². The number of nitrogens with two attached hydrogens (primary N) is 1. The molecular weight excluding hydrogens is 939 g/mol. The summed E-state index contributed by atoms with van der Waals surface area (Å²) in [5.74, 6) is -1.03. The van der Waals surface area contributed by atoms with Crippen molar-refractivity contribution in [2.45, 2.75) is 135 Å². The standard InChI is InChI=1S/C37H64N7O17P3S/c1-4-5-6-7-8-9-10-11-12-13-14-15-16-17-28(46)65-21-20-39-27(45)18-19-40-35(49)32(48)37(2,3)23-58-64(55,56)61-63(53,54)57-22-26-31(60-62(50,51)52)30(47)36(59-26)44-25-43-29-33(38)41-24-42-34(29)44/h9-10,24-26,30-32,36,47-48H,4-8,11-23H2,1-3H3,(H,39,45)(H,40,49)(H,53,54)(H,55,56)(H2,38,41,42)(H2,50,51,52). The molecule has 0 radical (unpaired) electrons. The number of nitrogens with one attached hydrogen (secondary N) is 2. The molecule has 0 aliphatic carbocycles. The van der Waals surface area contributed by atoms with Crippen molar-refractivity contribution in [2.24, 2.45) is 5.41 Å². The number of phosphoric ester groups is 3. The first-order chi connectivity index (χ1) is 30.6. The molecule has 1 aliphatic heterocycles. The zero-order valence-corrected chi connectivity index (χ0v) is 40.2. The number of rotatable bonds is 32. The second-order valence-electron chi connectivity index (χ2n) is 15.9. The molecule has 24 nitrogen and oxygen atoms in total. The second-order valence-corrected chi connectivity index (χ2v) is 21.3. The van der Waals surface area contributed by atoms with Crippen LogP contribution in [0.4, 0.5) is 5.82 Å². The van der Waals surface area contributed by atoms with Gasteiger partial charge in [0, 0.05) is 37.1 Å². The van der Waals surface area contributed by atoms with Crippen molar-refractivity contribution in [3.8, 4) is 0 Å². The highest BCUT2D eigenvalue weighted by molar-refractivity contribution is 8.13. The van der Waals surface area contributed by atoms with Crippen LogP contribution in [-0.2, 0) is 50.7 Å².